The summed E-state index contributed by atoms with van der Waals surface area (Å²) in [6.45, 7) is 6.95. The first kappa shape index (κ1) is 15.1. The zero-order chi connectivity index (χ0) is 14.7. The quantitative estimate of drug-likeness (QED) is 0.905. The first-order valence-electron chi connectivity index (χ1n) is 6.66. The third-order valence-electron chi connectivity index (χ3n) is 3.19. The van der Waals surface area contributed by atoms with E-state index >= 15 is 0 Å². The highest BCUT2D eigenvalue weighted by Gasteiger charge is 2.14. The Balaban J connectivity index is 2.21. The van der Waals surface area contributed by atoms with Gasteiger partial charge in [0.25, 0.3) is 0 Å². The van der Waals surface area contributed by atoms with Crippen molar-refractivity contribution in [3.05, 3.63) is 45.7 Å². The lowest BCUT2D eigenvalue weighted by Gasteiger charge is -2.14. The number of rotatable bonds is 5. The summed E-state index contributed by atoms with van der Waals surface area (Å²) < 4.78 is 8.77. The summed E-state index contributed by atoms with van der Waals surface area (Å²) in [5.41, 5.74) is 2.75. The van der Waals surface area contributed by atoms with Gasteiger partial charge in [0.2, 0.25) is 0 Å². The standard InChI is InChI=1S/C15H19BrN2O2/c1-4-18-13(15(16)10(2)17-18)9-20-14-8-6-5-7-12(14)11(3)19/h5-8,11,19H,4,9H2,1-3H3/t11-/m0/s1. The van der Waals surface area contributed by atoms with E-state index in [1.807, 2.05) is 42.8 Å². The molecule has 0 bridgehead atoms. The summed E-state index contributed by atoms with van der Waals surface area (Å²) in [6, 6.07) is 7.54. The Morgan fingerprint density at radius 1 is 1.40 bits per heavy atom. The summed E-state index contributed by atoms with van der Waals surface area (Å²) >= 11 is 3.55. The van der Waals surface area contributed by atoms with Gasteiger partial charge in [-0.25, -0.2) is 0 Å². The van der Waals surface area contributed by atoms with Crippen LogP contribution < -0.4 is 4.74 Å². The largest absolute Gasteiger partial charge is 0.487 e. The first-order chi connectivity index (χ1) is 9.54. The van der Waals surface area contributed by atoms with Crippen molar-refractivity contribution in [3.63, 3.8) is 0 Å². The van der Waals surface area contributed by atoms with Crippen LogP contribution in [0.25, 0.3) is 0 Å². The van der Waals surface area contributed by atoms with Gasteiger partial charge in [-0.2, -0.15) is 5.10 Å². The predicted molar refractivity (Wildman–Crippen MR) is 81.7 cm³/mol. The van der Waals surface area contributed by atoms with Crippen molar-refractivity contribution in [2.24, 2.45) is 0 Å². The smallest absolute Gasteiger partial charge is 0.131 e. The second-order valence-electron chi connectivity index (χ2n) is 4.66. The molecule has 1 aromatic carbocycles. The summed E-state index contributed by atoms with van der Waals surface area (Å²) in [5.74, 6) is 0.705. The van der Waals surface area contributed by atoms with Crippen molar-refractivity contribution >= 4 is 15.9 Å². The Morgan fingerprint density at radius 3 is 2.75 bits per heavy atom. The van der Waals surface area contributed by atoms with Crippen LogP contribution in [0.4, 0.5) is 0 Å². The zero-order valence-corrected chi connectivity index (χ0v) is 13.5. The van der Waals surface area contributed by atoms with Gasteiger partial charge in [0.05, 0.1) is 22.0 Å². The number of para-hydroxylation sites is 1. The number of hydrogen-bond acceptors (Lipinski definition) is 3. The maximum absolute atomic E-state index is 9.75. The van der Waals surface area contributed by atoms with Crippen molar-refractivity contribution in [3.8, 4) is 5.75 Å². The third kappa shape index (κ3) is 3.04. The van der Waals surface area contributed by atoms with Crippen LogP contribution in [0.1, 0.15) is 36.9 Å². The predicted octanol–water partition coefficient (Wildman–Crippen LogP) is 3.61. The summed E-state index contributed by atoms with van der Waals surface area (Å²) in [7, 11) is 0. The van der Waals surface area contributed by atoms with Crippen molar-refractivity contribution in [2.75, 3.05) is 0 Å². The molecular formula is C15H19BrN2O2. The maximum Gasteiger partial charge on any atom is 0.131 e. The number of halogens is 1. The molecule has 0 fully saturated rings. The average Bonchev–Trinajstić information content (AvgIpc) is 2.72. The maximum atomic E-state index is 9.75. The van der Waals surface area contributed by atoms with E-state index in [2.05, 4.69) is 21.0 Å². The molecule has 5 heteroatoms. The van der Waals surface area contributed by atoms with Gasteiger partial charge >= 0.3 is 0 Å². The summed E-state index contributed by atoms with van der Waals surface area (Å²) in [5, 5.41) is 14.2. The molecular weight excluding hydrogens is 320 g/mol. The van der Waals surface area contributed by atoms with E-state index in [9.17, 15) is 5.11 Å². The lowest BCUT2D eigenvalue weighted by molar-refractivity contribution is 0.189. The highest BCUT2D eigenvalue weighted by Crippen LogP contribution is 2.27. The minimum atomic E-state index is -0.549. The van der Waals surface area contributed by atoms with Gasteiger partial charge in [-0.15, -0.1) is 0 Å². The lowest BCUT2D eigenvalue weighted by Crippen LogP contribution is -2.08. The molecule has 1 atom stereocenters. The Hall–Kier alpha value is -1.33. The van der Waals surface area contributed by atoms with E-state index < -0.39 is 6.10 Å². The molecule has 0 saturated carbocycles. The minimum Gasteiger partial charge on any atom is -0.487 e. The van der Waals surface area contributed by atoms with E-state index in [1.54, 1.807) is 6.92 Å². The van der Waals surface area contributed by atoms with Gasteiger partial charge in [-0.3, -0.25) is 4.68 Å². The van der Waals surface area contributed by atoms with Crippen LogP contribution in [0.2, 0.25) is 0 Å². The molecule has 0 amide bonds. The van der Waals surface area contributed by atoms with Gasteiger partial charge in [0, 0.05) is 12.1 Å². The fourth-order valence-corrected chi connectivity index (χ4v) is 2.51. The third-order valence-corrected chi connectivity index (χ3v) is 4.22. The van der Waals surface area contributed by atoms with Crippen molar-refractivity contribution in [1.82, 2.24) is 9.78 Å². The molecule has 0 aliphatic rings. The van der Waals surface area contributed by atoms with Gasteiger partial charge in [0.15, 0.2) is 0 Å². The Bertz CT molecular complexity index is 594. The molecule has 0 radical (unpaired) electrons. The second-order valence-corrected chi connectivity index (χ2v) is 5.46. The zero-order valence-electron chi connectivity index (χ0n) is 11.9. The van der Waals surface area contributed by atoms with Gasteiger partial charge in [-0.1, -0.05) is 18.2 Å². The number of aryl methyl sites for hydroxylation is 2. The minimum absolute atomic E-state index is 0.416. The highest BCUT2D eigenvalue weighted by molar-refractivity contribution is 9.10. The summed E-state index contributed by atoms with van der Waals surface area (Å²) in [6.07, 6.45) is -0.549. The fraction of sp³-hybridized carbons (Fsp3) is 0.400. The van der Waals surface area contributed by atoms with Crippen LogP contribution in [-0.2, 0) is 13.2 Å². The molecule has 0 unspecified atom stereocenters. The topological polar surface area (TPSA) is 47.3 Å². The number of ether oxygens (including phenoxy) is 1. The number of hydrogen-bond donors (Lipinski definition) is 1. The second kappa shape index (κ2) is 6.41. The molecule has 0 aliphatic carbocycles. The Labute approximate surface area is 127 Å². The molecule has 1 N–H and O–H groups in total. The molecule has 1 aromatic heterocycles. The Kier molecular flexibility index (Phi) is 4.83. The van der Waals surface area contributed by atoms with Crippen LogP contribution in [0.15, 0.2) is 28.7 Å². The molecule has 4 nitrogen and oxygen atoms in total. The van der Waals surface area contributed by atoms with Crippen molar-refractivity contribution < 1.29 is 9.84 Å². The Morgan fingerprint density at radius 2 is 2.10 bits per heavy atom. The van der Waals surface area contributed by atoms with Gasteiger partial charge in [0.1, 0.15) is 12.4 Å². The van der Waals surface area contributed by atoms with E-state index in [0.29, 0.717) is 12.4 Å². The molecule has 0 aliphatic heterocycles. The van der Waals surface area contributed by atoms with Gasteiger partial charge < -0.3 is 9.84 Å². The monoisotopic (exact) mass is 338 g/mol. The van der Waals surface area contributed by atoms with Crippen LogP contribution in [0.3, 0.4) is 0 Å². The van der Waals surface area contributed by atoms with Crippen LogP contribution in [0.5, 0.6) is 5.75 Å². The SMILES string of the molecule is CCn1nc(C)c(Br)c1COc1ccccc1[C@H](C)O. The van der Waals surface area contributed by atoms with E-state index in [4.69, 9.17) is 4.74 Å². The average molecular weight is 339 g/mol. The van der Waals surface area contributed by atoms with Crippen LogP contribution in [0, 0.1) is 6.92 Å². The number of nitrogens with zero attached hydrogens (tertiary/aromatic N) is 2. The van der Waals surface area contributed by atoms with Crippen LogP contribution in [-0.4, -0.2) is 14.9 Å². The van der Waals surface area contributed by atoms with E-state index in [0.717, 1.165) is 28.0 Å². The number of aromatic nitrogens is 2. The highest BCUT2D eigenvalue weighted by atomic mass is 79.9. The molecule has 20 heavy (non-hydrogen) atoms. The molecule has 108 valence electrons. The van der Waals surface area contributed by atoms with Gasteiger partial charge in [-0.05, 0) is 42.8 Å². The molecule has 0 saturated heterocycles. The van der Waals surface area contributed by atoms with E-state index in [-0.39, 0.29) is 0 Å². The van der Waals surface area contributed by atoms with E-state index in [1.165, 1.54) is 0 Å². The van der Waals surface area contributed by atoms with Crippen molar-refractivity contribution in [2.45, 2.75) is 40.0 Å². The summed E-state index contributed by atoms with van der Waals surface area (Å²) in [4.78, 5) is 0. The number of benzene rings is 1. The molecule has 2 aromatic rings. The number of aliphatic hydroxyl groups is 1. The number of aliphatic hydroxyl groups excluding tert-OH is 1. The molecule has 1 heterocycles. The van der Waals surface area contributed by atoms with Crippen molar-refractivity contribution in [1.29, 1.82) is 0 Å². The lowest BCUT2D eigenvalue weighted by atomic mass is 10.1. The van der Waals surface area contributed by atoms with Crippen LogP contribution >= 0.6 is 15.9 Å². The molecule has 0 spiro atoms. The first-order valence-corrected chi connectivity index (χ1v) is 7.45. The molecule has 2 rings (SSSR count). The normalized spacial score (nSPS) is 12.4. The fourth-order valence-electron chi connectivity index (χ4n) is 2.11.